The number of hydrogen-bond donors (Lipinski definition) is 1. The Bertz CT molecular complexity index is 922. The highest BCUT2D eigenvalue weighted by Crippen LogP contribution is 2.30. The molecule has 1 fully saturated rings. The predicted molar refractivity (Wildman–Crippen MR) is 107 cm³/mol. The van der Waals surface area contributed by atoms with Crippen LogP contribution in [-0.4, -0.2) is 41.2 Å². The van der Waals surface area contributed by atoms with E-state index >= 15 is 0 Å². The Hall–Kier alpha value is -2.93. The summed E-state index contributed by atoms with van der Waals surface area (Å²) in [6.45, 7) is 4.93. The van der Waals surface area contributed by atoms with Gasteiger partial charge < -0.3 is 15.2 Å². The van der Waals surface area contributed by atoms with Gasteiger partial charge in [0.05, 0.1) is 5.69 Å². The molecule has 1 aromatic heterocycles. The first-order chi connectivity index (χ1) is 13.7. The van der Waals surface area contributed by atoms with Gasteiger partial charge >= 0.3 is 0 Å². The molecular weight excluding hydrogens is 357 g/mol. The Labute approximate surface area is 163 Å². The molecule has 0 aliphatic carbocycles. The van der Waals surface area contributed by atoms with E-state index in [0.717, 1.165) is 25.1 Å². The molecule has 1 aliphatic heterocycles. The van der Waals surface area contributed by atoms with Crippen LogP contribution in [0.4, 0.5) is 15.8 Å². The molecular formula is C21H24FN5O. The smallest absolute Gasteiger partial charge is 0.248 e. The monoisotopic (exact) mass is 381 g/mol. The van der Waals surface area contributed by atoms with E-state index in [1.54, 1.807) is 12.1 Å². The third-order valence-electron chi connectivity index (χ3n) is 5.14. The lowest BCUT2D eigenvalue weighted by Gasteiger charge is -2.39. The minimum Gasteiger partial charge on any atom is -0.399 e. The third-order valence-corrected chi connectivity index (χ3v) is 5.14. The number of hydrogen-bond acceptors (Lipinski definition) is 6. The topological polar surface area (TPSA) is 71.4 Å². The largest absolute Gasteiger partial charge is 0.399 e. The number of nitrogens with two attached hydrogens (primary N) is 1. The second-order valence-corrected chi connectivity index (χ2v) is 6.95. The molecule has 4 rings (SSSR count). The quantitative estimate of drug-likeness (QED) is 0.684. The second-order valence-electron chi connectivity index (χ2n) is 6.95. The Balaban J connectivity index is 1.55. The average molecular weight is 381 g/mol. The maximum atomic E-state index is 14.3. The molecule has 2 N–H and O–H groups in total. The maximum absolute atomic E-state index is 14.3. The number of benzene rings is 2. The van der Waals surface area contributed by atoms with E-state index in [4.69, 9.17) is 10.3 Å². The third kappa shape index (κ3) is 3.71. The summed E-state index contributed by atoms with van der Waals surface area (Å²) < 4.78 is 19.9. The van der Waals surface area contributed by atoms with Crippen molar-refractivity contribution in [1.29, 1.82) is 0 Å². The number of aromatic nitrogens is 2. The van der Waals surface area contributed by atoms with Gasteiger partial charge in [-0.1, -0.05) is 42.4 Å². The van der Waals surface area contributed by atoms with Crippen molar-refractivity contribution in [2.75, 3.05) is 36.8 Å². The van der Waals surface area contributed by atoms with E-state index < -0.39 is 0 Å². The normalized spacial score (nSPS) is 16.3. The Morgan fingerprint density at radius 2 is 1.86 bits per heavy atom. The van der Waals surface area contributed by atoms with Gasteiger partial charge in [0.15, 0.2) is 5.82 Å². The summed E-state index contributed by atoms with van der Waals surface area (Å²) in [5.74, 6) is 1.03. The average Bonchev–Trinajstić information content (AvgIpc) is 3.19. The fourth-order valence-corrected chi connectivity index (χ4v) is 3.67. The Kier molecular flexibility index (Phi) is 5.25. The van der Waals surface area contributed by atoms with Crippen LogP contribution in [-0.2, 0) is 6.42 Å². The molecule has 7 heteroatoms. The number of halogens is 1. The van der Waals surface area contributed by atoms with Crippen molar-refractivity contribution in [3.8, 4) is 0 Å². The summed E-state index contributed by atoms with van der Waals surface area (Å²) in [6.07, 6.45) is 0.731. The molecule has 2 aromatic carbocycles. The standard InChI is InChI=1S/C21H24FN5O/c1-2-19-24-21(28-25-19)20(15-6-4-3-5-7-15)27-12-10-26(11-13-27)18-9-8-16(23)14-17(18)22/h3-9,14,20H,2,10-13,23H2,1H3. The Morgan fingerprint density at radius 1 is 1.11 bits per heavy atom. The van der Waals surface area contributed by atoms with Crippen molar-refractivity contribution < 1.29 is 8.91 Å². The minimum absolute atomic E-state index is 0.104. The van der Waals surface area contributed by atoms with E-state index in [1.807, 2.05) is 25.1 Å². The van der Waals surface area contributed by atoms with E-state index in [2.05, 4.69) is 32.1 Å². The van der Waals surface area contributed by atoms with Crippen LogP contribution in [0.2, 0.25) is 0 Å². The number of aryl methyl sites for hydroxylation is 1. The SMILES string of the molecule is CCc1noc(C(c2ccccc2)N2CCN(c3ccc(N)cc3F)CC2)n1. The van der Waals surface area contributed by atoms with Crippen LogP contribution >= 0.6 is 0 Å². The van der Waals surface area contributed by atoms with Crippen LogP contribution in [0.5, 0.6) is 0 Å². The van der Waals surface area contributed by atoms with Gasteiger partial charge in [-0.05, 0) is 23.8 Å². The predicted octanol–water partition coefficient (Wildman–Crippen LogP) is 3.26. The van der Waals surface area contributed by atoms with E-state index in [-0.39, 0.29) is 11.9 Å². The first-order valence-electron chi connectivity index (χ1n) is 9.57. The molecule has 0 saturated carbocycles. The number of rotatable bonds is 5. The van der Waals surface area contributed by atoms with Gasteiger partial charge in [-0.25, -0.2) is 4.39 Å². The molecule has 0 amide bonds. The van der Waals surface area contributed by atoms with Crippen LogP contribution in [0.25, 0.3) is 0 Å². The maximum Gasteiger partial charge on any atom is 0.248 e. The molecule has 0 radical (unpaired) electrons. The second kappa shape index (κ2) is 7.98. The van der Waals surface area contributed by atoms with Crippen LogP contribution in [0.3, 0.4) is 0 Å². The summed E-state index contributed by atoms with van der Waals surface area (Å²) in [5.41, 5.74) is 7.81. The van der Waals surface area contributed by atoms with Crippen molar-refractivity contribution in [1.82, 2.24) is 15.0 Å². The number of nitrogens with zero attached hydrogens (tertiary/aromatic N) is 4. The molecule has 3 aromatic rings. The number of anilines is 2. The van der Waals surface area contributed by atoms with Gasteiger partial charge in [0, 0.05) is 38.3 Å². The highest BCUT2D eigenvalue weighted by Gasteiger charge is 2.31. The van der Waals surface area contributed by atoms with Gasteiger partial charge in [-0.2, -0.15) is 4.98 Å². The first-order valence-corrected chi connectivity index (χ1v) is 9.57. The molecule has 1 saturated heterocycles. The van der Waals surface area contributed by atoms with Gasteiger partial charge in [-0.15, -0.1) is 0 Å². The van der Waals surface area contributed by atoms with Crippen molar-refractivity contribution in [3.63, 3.8) is 0 Å². The van der Waals surface area contributed by atoms with Crippen molar-refractivity contribution in [2.45, 2.75) is 19.4 Å². The molecule has 2 heterocycles. The fraction of sp³-hybridized carbons (Fsp3) is 0.333. The van der Waals surface area contributed by atoms with Crippen LogP contribution in [0.15, 0.2) is 53.1 Å². The van der Waals surface area contributed by atoms with Crippen LogP contribution in [0.1, 0.15) is 30.2 Å². The van der Waals surface area contributed by atoms with Crippen molar-refractivity contribution >= 4 is 11.4 Å². The molecule has 146 valence electrons. The fourth-order valence-electron chi connectivity index (χ4n) is 3.67. The Morgan fingerprint density at radius 3 is 2.50 bits per heavy atom. The van der Waals surface area contributed by atoms with Crippen molar-refractivity contribution in [3.05, 3.63) is 71.6 Å². The van der Waals surface area contributed by atoms with E-state index in [9.17, 15) is 4.39 Å². The molecule has 0 spiro atoms. The lowest BCUT2D eigenvalue weighted by Crippen LogP contribution is -2.48. The van der Waals surface area contributed by atoms with Gasteiger partial charge in [-0.3, -0.25) is 4.90 Å². The zero-order chi connectivity index (χ0) is 19.5. The zero-order valence-corrected chi connectivity index (χ0v) is 15.9. The summed E-state index contributed by atoms with van der Waals surface area (Å²) in [7, 11) is 0. The molecule has 1 aliphatic rings. The van der Waals surface area contributed by atoms with Gasteiger partial charge in [0.1, 0.15) is 11.9 Å². The molecule has 6 nitrogen and oxygen atoms in total. The van der Waals surface area contributed by atoms with Crippen molar-refractivity contribution in [2.24, 2.45) is 0 Å². The summed E-state index contributed by atoms with van der Waals surface area (Å²) in [4.78, 5) is 8.94. The first kappa shape index (κ1) is 18.4. The van der Waals surface area contributed by atoms with Gasteiger partial charge in [0.2, 0.25) is 5.89 Å². The summed E-state index contributed by atoms with van der Waals surface area (Å²) in [6, 6.07) is 14.9. The summed E-state index contributed by atoms with van der Waals surface area (Å²) in [5, 5.41) is 4.07. The summed E-state index contributed by atoms with van der Waals surface area (Å²) >= 11 is 0. The van der Waals surface area contributed by atoms with Gasteiger partial charge in [0.25, 0.3) is 0 Å². The lowest BCUT2D eigenvalue weighted by molar-refractivity contribution is 0.177. The highest BCUT2D eigenvalue weighted by molar-refractivity contribution is 5.54. The number of nitrogen functional groups attached to an aromatic ring is 1. The number of piperazine rings is 1. The van der Waals surface area contributed by atoms with Crippen LogP contribution in [0, 0.1) is 5.82 Å². The van der Waals surface area contributed by atoms with E-state index in [1.165, 1.54) is 6.07 Å². The molecule has 1 atom stereocenters. The van der Waals surface area contributed by atoms with Crippen LogP contribution < -0.4 is 10.6 Å². The van der Waals surface area contributed by atoms with E-state index in [0.29, 0.717) is 36.2 Å². The zero-order valence-electron chi connectivity index (χ0n) is 15.9. The lowest BCUT2D eigenvalue weighted by atomic mass is 10.0. The minimum atomic E-state index is -0.280. The molecule has 1 unspecified atom stereocenters. The molecule has 28 heavy (non-hydrogen) atoms. The highest BCUT2D eigenvalue weighted by atomic mass is 19.1. The molecule has 0 bridgehead atoms.